The molecule has 1 amide bonds. The van der Waals surface area contributed by atoms with Gasteiger partial charge in [0.25, 0.3) is 5.56 Å². The number of amides is 1. The van der Waals surface area contributed by atoms with Crippen molar-refractivity contribution in [3.8, 4) is 5.75 Å². The third-order valence-corrected chi connectivity index (χ3v) is 6.05. The van der Waals surface area contributed by atoms with Crippen molar-refractivity contribution >= 4 is 27.5 Å². The number of fused-ring (bicyclic) bond motifs is 3. The van der Waals surface area contributed by atoms with Crippen molar-refractivity contribution in [1.82, 2.24) is 15.3 Å². The minimum absolute atomic E-state index is 0.134. The molecule has 2 N–H and O–H groups in total. The van der Waals surface area contributed by atoms with Gasteiger partial charge in [0.05, 0.1) is 5.39 Å². The molecule has 0 saturated heterocycles. The summed E-state index contributed by atoms with van der Waals surface area (Å²) in [6.45, 7) is 0.172. The molecule has 0 saturated carbocycles. The van der Waals surface area contributed by atoms with Gasteiger partial charge in [-0.2, -0.15) is 0 Å². The van der Waals surface area contributed by atoms with Gasteiger partial charge in [-0.3, -0.25) is 9.59 Å². The first-order chi connectivity index (χ1) is 14.3. The van der Waals surface area contributed by atoms with Gasteiger partial charge in [0.1, 0.15) is 16.4 Å². The molecule has 6 nitrogen and oxygen atoms in total. The van der Waals surface area contributed by atoms with Gasteiger partial charge in [-0.15, -0.1) is 24.5 Å². The van der Waals surface area contributed by atoms with Crippen LogP contribution < -0.4 is 15.6 Å². The lowest BCUT2D eigenvalue weighted by Gasteiger charge is -2.10. The highest BCUT2D eigenvalue weighted by Crippen LogP contribution is 2.34. The number of rotatable bonds is 6. The molecular weight excluding hydrogens is 419 g/mol. The second-order valence-corrected chi connectivity index (χ2v) is 8.10. The van der Waals surface area contributed by atoms with Crippen LogP contribution in [0.4, 0.5) is 13.2 Å². The smallest absolute Gasteiger partial charge is 0.406 e. The predicted octanol–water partition coefficient (Wildman–Crippen LogP) is 3.62. The van der Waals surface area contributed by atoms with Gasteiger partial charge in [-0.25, -0.2) is 4.98 Å². The molecule has 1 aliphatic rings. The number of carbonyl (C=O) groups excluding carboxylic acids is 1. The van der Waals surface area contributed by atoms with Crippen molar-refractivity contribution in [1.29, 1.82) is 0 Å². The summed E-state index contributed by atoms with van der Waals surface area (Å²) in [4.78, 5) is 33.8. The summed E-state index contributed by atoms with van der Waals surface area (Å²) in [5.41, 5.74) is 1.59. The number of benzene rings is 1. The number of aryl methyl sites for hydroxylation is 3. The molecule has 3 aromatic rings. The minimum Gasteiger partial charge on any atom is -0.406 e. The van der Waals surface area contributed by atoms with Gasteiger partial charge < -0.3 is 15.0 Å². The Bertz CT molecular complexity index is 1140. The van der Waals surface area contributed by atoms with E-state index in [1.165, 1.54) is 29.1 Å². The fraction of sp³-hybridized carbons (Fsp3) is 0.350. The van der Waals surface area contributed by atoms with Crippen molar-refractivity contribution in [2.75, 3.05) is 0 Å². The molecule has 0 bridgehead atoms. The lowest BCUT2D eigenvalue weighted by Crippen LogP contribution is -2.24. The monoisotopic (exact) mass is 437 g/mol. The van der Waals surface area contributed by atoms with Crippen molar-refractivity contribution in [3.63, 3.8) is 0 Å². The maximum atomic E-state index is 12.4. The van der Waals surface area contributed by atoms with Crippen molar-refractivity contribution in [3.05, 3.63) is 56.4 Å². The Labute approximate surface area is 173 Å². The average Bonchev–Trinajstić information content (AvgIpc) is 3.25. The summed E-state index contributed by atoms with van der Waals surface area (Å²) in [5, 5.41) is 3.38. The van der Waals surface area contributed by atoms with Crippen molar-refractivity contribution in [2.45, 2.75) is 45.0 Å². The van der Waals surface area contributed by atoms with E-state index in [9.17, 15) is 22.8 Å². The molecule has 1 aromatic carbocycles. The highest BCUT2D eigenvalue weighted by atomic mass is 32.1. The molecule has 30 heavy (non-hydrogen) atoms. The van der Waals surface area contributed by atoms with Gasteiger partial charge >= 0.3 is 6.36 Å². The van der Waals surface area contributed by atoms with E-state index < -0.39 is 6.36 Å². The Morgan fingerprint density at radius 3 is 2.73 bits per heavy atom. The van der Waals surface area contributed by atoms with E-state index in [2.05, 4.69) is 20.0 Å². The van der Waals surface area contributed by atoms with Crippen LogP contribution in [0.2, 0.25) is 0 Å². The number of H-pyrrole nitrogens is 1. The van der Waals surface area contributed by atoms with E-state index in [4.69, 9.17) is 0 Å². The van der Waals surface area contributed by atoms with Gasteiger partial charge in [0, 0.05) is 24.3 Å². The first-order valence-electron chi connectivity index (χ1n) is 9.43. The van der Waals surface area contributed by atoms with Gasteiger partial charge in [-0.05, 0) is 42.5 Å². The molecule has 4 rings (SSSR count). The van der Waals surface area contributed by atoms with E-state index in [0.29, 0.717) is 16.8 Å². The average molecular weight is 437 g/mol. The molecule has 2 aromatic heterocycles. The van der Waals surface area contributed by atoms with Crippen LogP contribution in [-0.4, -0.2) is 22.2 Å². The summed E-state index contributed by atoms with van der Waals surface area (Å²) in [5.74, 6) is -0.0965. The van der Waals surface area contributed by atoms with Crippen LogP contribution >= 0.6 is 11.3 Å². The second kappa shape index (κ2) is 8.10. The number of halogens is 3. The molecule has 0 unspecified atom stereocenters. The molecule has 10 heteroatoms. The van der Waals surface area contributed by atoms with E-state index >= 15 is 0 Å². The highest BCUT2D eigenvalue weighted by Gasteiger charge is 2.31. The normalized spacial score (nSPS) is 13.4. The number of nitrogens with one attached hydrogen (secondary N) is 2. The summed E-state index contributed by atoms with van der Waals surface area (Å²) < 4.78 is 40.3. The van der Waals surface area contributed by atoms with E-state index in [0.717, 1.165) is 29.7 Å². The third-order valence-electron chi connectivity index (χ3n) is 4.86. The zero-order valence-corrected chi connectivity index (χ0v) is 16.6. The molecule has 0 spiro atoms. The summed E-state index contributed by atoms with van der Waals surface area (Å²) in [7, 11) is 0. The van der Waals surface area contributed by atoms with E-state index in [-0.39, 0.29) is 36.6 Å². The van der Waals surface area contributed by atoms with Crippen LogP contribution in [0.1, 0.15) is 34.7 Å². The molecule has 0 atom stereocenters. The van der Waals surface area contributed by atoms with Crippen LogP contribution in [0.15, 0.2) is 29.1 Å². The number of ether oxygens (including phenoxy) is 1. The summed E-state index contributed by atoms with van der Waals surface area (Å²) in [6, 6.07) is 5.28. The Balaban J connectivity index is 1.31. The second-order valence-electron chi connectivity index (χ2n) is 7.02. The van der Waals surface area contributed by atoms with Crippen molar-refractivity contribution in [2.24, 2.45) is 0 Å². The Hall–Kier alpha value is -2.88. The molecule has 158 valence electrons. The van der Waals surface area contributed by atoms with Crippen molar-refractivity contribution < 1.29 is 22.7 Å². The topological polar surface area (TPSA) is 84.1 Å². The van der Waals surface area contributed by atoms with Gasteiger partial charge in [0.2, 0.25) is 5.91 Å². The lowest BCUT2D eigenvalue weighted by molar-refractivity contribution is -0.274. The lowest BCUT2D eigenvalue weighted by atomic mass is 10.2. The number of alkyl halides is 3. The van der Waals surface area contributed by atoms with Crippen LogP contribution in [0.5, 0.6) is 5.75 Å². The zero-order chi connectivity index (χ0) is 21.3. The SMILES string of the molecule is O=C(CCc1nc2sc3c(c2c(=O)[nH]1)CCC3)NCc1ccc(OC(F)(F)F)cc1. The third kappa shape index (κ3) is 4.64. The fourth-order valence-corrected chi connectivity index (χ4v) is 4.78. The molecule has 0 aliphatic heterocycles. The largest absolute Gasteiger partial charge is 0.573 e. The summed E-state index contributed by atoms with van der Waals surface area (Å²) in [6.07, 6.45) is -1.36. The van der Waals surface area contributed by atoms with E-state index in [1.807, 2.05) is 0 Å². The van der Waals surface area contributed by atoms with Crippen LogP contribution in [0, 0.1) is 0 Å². The zero-order valence-electron chi connectivity index (χ0n) is 15.8. The first kappa shape index (κ1) is 20.4. The quantitative estimate of drug-likeness (QED) is 0.617. The number of hydrogen-bond donors (Lipinski definition) is 2. The Morgan fingerprint density at radius 1 is 1.23 bits per heavy atom. The number of nitrogens with zero attached hydrogens (tertiary/aromatic N) is 1. The number of hydrogen-bond acceptors (Lipinski definition) is 5. The molecule has 0 fully saturated rings. The number of aromatic amines is 1. The highest BCUT2D eigenvalue weighted by molar-refractivity contribution is 7.18. The fourth-order valence-electron chi connectivity index (χ4n) is 3.50. The maximum absolute atomic E-state index is 12.4. The summed E-state index contributed by atoms with van der Waals surface area (Å²) >= 11 is 1.55. The van der Waals surface area contributed by atoms with Crippen LogP contribution in [-0.2, 0) is 30.6 Å². The molecule has 2 heterocycles. The Morgan fingerprint density at radius 2 is 2.00 bits per heavy atom. The first-order valence-corrected chi connectivity index (χ1v) is 10.2. The van der Waals surface area contributed by atoms with Gasteiger partial charge in [-0.1, -0.05) is 12.1 Å². The number of thiophene rings is 1. The molecule has 1 aliphatic carbocycles. The van der Waals surface area contributed by atoms with Gasteiger partial charge in [0.15, 0.2) is 0 Å². The number of aromatic nitrogens is 2. The molecule has 0 radical (unpaired) electrons. The van der Waals surface area contributed by atoms with E-state index in [1.54, 1.807) is 11.3 Å². The minimum atomic E-state index is -4.74. The predicted molar refractivity (Wildman–Crippen MR) is 106 cm³/mol. The Kier molecular flexibility index (Phi) is 5.50. The standard InChI is InChI=1S/C20H18F3N3O3S/c21-20(22,23)29-12-6-4-11(5-7-12)10-24-16(27)9-8-15-25-18(28)17-13-2-1-3-14(13)30-19(17)26-15/h4-7H,1-3,8-10H2,(H,24,27)(H,25,26,28). The maximum Gasteiger partial charge on any atom is 0.573 e. The molecular formula is C20H18F3N3O3S. The van der Waals surface area contributed by atoms with Crippen LogP contribution in [0.25, 0.3) is 10.2 Å². The number of carbonyl (C=O) groups is 1. The van der Waals surface area contributed by atoms with Crippen LogP contribution in [0.3, 0.4) is 0 Å².